The molecule has 0 saturated carbocycles. The fourth-order valence-electron chi connectivity index (χ4n) is 1.93. The second kappa shape index (κ2) is 6.40. The van der Waals surface area contributed by atoms with E-state index < -0.39 is 0 Å². The maximum atomic E-state index is 11.8. The fourth-order valence-corrected chi connectivity index (χ4v) is 1.93. The Bertz CT molecular complexity index is 340. The third-order valence-electron chi connectivity index (χ3n) is 2.92. The molecule has 0 spiro atoms. The number of carbonyl (C=O) groups excluding carboxylic acids is 1. The van der Waals surface area contributed by atoms with Crippen LogP contribution in [0.15, 0.2) is 30.3 Å². The highest BCUT2D eigenvalue weighted by molar-refractivity contribution is 5.74. The molecule has 0 radical (unpaired) electrons. The number of hydrogen-bond acceptors (Lipinski definition) is 3. The predicted octanol–water partition coefficient (Wildman–Crippen LogP) is 2.69. The Morgan fingerprint density at radius 3 is 2.88 bits per heavy atom. The van der Waals surface area contributed by atoms with Crippen molar-refractivity contribution in [2.75, 3.05) is 6.61 Å². The highest BCUT2D eigenvalue weighted by atomic mass is 16.6. The quantitative estimate of drug-likeness (QED) is 0.754. The third-order valence-corrected chi connectivity index (χ3v) is 2.92. The Kier molecular flexibility index (Phi) is 4.56. The molecule has 1 aromatic carbocycles. The summed E-state index contributed by atoms with van der Waals surface area (Å²) in [4.78, 5) is 11.8. The number of rotatable bonds is 3. The Morgan fingerprint density at radius 2 is 2.06 bits per heavy atom. The zero-order valence-electron chi connectivity index (χ0n) is 9.93. The summed E-state index contributed by atoms with van der Waals surface area (Å²) in [6.07, 6.45) is 3.66. The van der Waals surface area contributed by atoms with Gasteiger partial charge in [0.05, 0.1) is 0 Å². The molecule has 0 aliphatic carbocycles. The van der Waals surface area contributed by atoms with E-state index >= 15 is 0 Å². The van der Waals surface area contributed by atoms with Gasteiger partial charge in [-0.1, -0.05) is 43.2 Å². The van der Waals surface area contributed by atoms with Crippen LogP contribution in [0.2, 0.25) is 0 Å². The van der Waals surface area contributed by atoms with E-state index in [9.17, 15) is 4.79 Å². The predicted molar refractivity (Wildman–Crippen MR) is 64.4 cm³/mol. The normalized spacial score (nSPS) is 20.6. The molecule has 1 aliphatic rings. The Labute approximate surface area is 102 Å². The zero-order chi connectivity index (χ0) is 11.9. The standard InChI is InChI=1S/C14H18O3/c15-14(13-9-5-2-6-10-16-13)17-11-12-7-3-1-4-8-12/h1,3-4,7-8,13H,2,5-6,9-11H2/t13-/m1/s1. The van der Waals surface area contributed by atoms with E-state index in [0.29, 0.717) is 13.2 Å². The van der Waals surface area contributed by atoms with Crippen molar-refractivity contribution in [3.05, 3.63) is 35.9 Å². The van der Waals surface area contributed by atoms with E-state index in [1.807, 2.05) is 30.3 Å². The summed E-state index contributed by atoms with van der Waals surface area (Å²) in [7, 11) is 0. The summed E-state index contributed by atoms with van der Waals surface area (Å²) in [6, 6.07) is 9.71. The average molecular weight is 234 g/mol. The monoisotopic (exact) mass is 234 g/mol. The van der Waals surface area contributed by atoms with Gasteiger partial charge in [-0.3, -0.25) is 0 Å². The van der Waals surface area contributed by atoms with Gasteiger partial charge in [-0.25, -0.2) is 4.79 Å². The van der Waals surface area contributed by atoms with Gasteiger partial charge >= 0.3 is 5.97 Å². The fraction of sp³-hybridized carbons (Fsp3) is 0.500. The second-order valence-corrected chi connectivity index (χ2v) is 4.30. The number of esters is 1. The van der Waals surface area contributed by atoms with Crippen molar-refractivity contribution in [3.8, 4) is 0 Å². The van der Waals surface area contributed by atoms with Crippen molar-refractivity contribution in [1.29, 1.82) is 0 Å². The first kappa shape index (κ1) is 12.1. The summed E-state index contributed by atoms with van der Waals surface area (Å²) >= 11 is 0. The van der Waals surface area contributed by atoms with E-state index in [0.717, 1.165) is 31.2 Å². The molecule has 0 bridgehead atoms. The van der Waals surface area contributed by atoms with Gasteiger partial charge in [-0.05, 0) is 18.4 Å². The molecular weight excluding hydrogens is 216 g/mol. The van der Waals surface area contributed by atoms with Gasteiger partial charge in [0.1, 0.15) is 6.61 Å². The molecule has 2 rings (SSSR count). The van der Waals surface area contributed by atoms with Crippen molar-refractivity contribution in [1.82, 2.24) is 0 Å². The van der Waals surface area contributed by atoms with Crippen molar-refractivity contribution in [2.45, 2.75) is 38.4 Å². The SMILES string of the molecule is O=C(OCc1ccccc1)[C@H]1CCCCCO1. The van der Waals surface area contributed by atoms with Gasteiger partial charge in [0.2, 0.25) is 0 Å². The summed E-state index contributed by atoms with van der Waals surface area (Å²) in [5, 5.41) is 0. The topological polar surface area (TPSA) is 35.5 Å². The first-order chi connectivity index (χ1) is 8.36. The van der Waals surface area contributed by atoms with Crippen LogP contribution >= 0.6 is 0 Å². The molecule has 0 amide bonds. The smallest absolute Gasteiger partial charge is 0.335 e. The zero-order valence-corrected chi connectivity index (χ0v) is 9.93. The molecule has 92 valence electrons. The van der Waals surface area contributed by atoms with Crippen molar-refractivity contribution in [2.24, 2.45) is 0 Å². The number of benzene rings is 1. The molecule has 1 heterocycles. The lowest BCUT2D eigenvalue weighted by Crippen LogP contribution is -2.25. The van der Waals surface area contributed by atoms with Crippen molar-refractivity contribution >= 4 is 5.97 Å². The Hall–Kier alpha value is -1.35. The van der Waals surface area contributed by atoms with Crippen LogP contribution in [0.4, 0.5) is 0 Å². The molecule has 1 saturated heterocycles. The summed E-state index contributed by atoms with van der Waals surface area (Å²) in [5.74, 6) is -0.226. The average Bonchev–Trinajstić information content (AvgIpc) is 2.66. The van der Waals surface area contributed by atoms with Gasteiger partial charge in [-0.15, -0.1) is 0 Å². The molecule has 1 atom stereocenters. The molecule has 0 aromatic heterocycles. The summed E-state index contributed by atoms with van der Waals surface area (Å²) in [5.41, 5.74) is 1.01. The van der Waals surface area contributed by atoms with Crippen LogP contribution in [0.5, 0.6) is 0 Å². The maximum Gasteiger partial charge on any atom is 0.335 e. The van der Waals surface area contributed by atoms with Gasteiger partial charge < -0.3 is 9.47 Å². The maximum absolute atomic E-state index is 11.8. The highest BCUT2D eigenvalue weighted by Crippen LogP contribution is 2.15. The molecule has 17 heavy (non-hydrogen) atoms. The molecule has 1 aromatic rings. The number of carbonyl (C=O) groups is 1. The molecule has 0 N–H and O–H groups in total. The third kappa shape index (κ3) is 3.86. The van der Waals surface area contributed by atoms with Crippen LogP contribution in [0, 0.1) is 0 Å². The van der Waals surface area contributed by atoms with Crippen LogP contribution < -0.4 is 0 Å². The minimum Gasteiger partial charge on any atom is -0.459 e. The molecule has 3 nitrogen and oxygen atoms in total. The summed E-state index contributed by atoms with van der Waals surface area (Å²) < 4.78 is 10.7. The van der Waals surface area contributed by atoms with Gasteiger partial charge in [0.25, 0.3) is 0 Å². The largest absolute Gasteiger partial charge is 0.459 e. The van der Waals surface area contributed by atoms with Crippen molar-refractivity contribution < 1.29 is 14.3 Å². The lowest BCUT2D eigenvalue weighted by Gasteiger charge is -2.13. The lowest BCUT2D eigenvalue weighted by atomic mass is 10.1. The molecule has 1 fully saturated rings. The van der Waals surface area contributed by atoms with Crippen LogP contribution in [0.3, 0.4) is 0 Å². The summed E-state index contributed by atoms with van der Waals surface area (Å²) in [6.45, 7) is 1.00. The Morgan fingerprint density at radius 1 is 1.24 bits per heavy atom. The van der Waals surface area contributed by atoms with E-state index in [1.165, 1.54) is 0 Å². The van der Waals surface area contributed by atoms with Crippen LogP contribution in [-0.4, -0.2) is 18.7 Å². The van der Waals surface area contributed by atoms with E-state index in [2.05, 4.69) is 0 Å². The first-order valence-corrected chi connectivity index (χ1v) is 6.18. The van der Waals surface area contributed by atoms with Crippen LogP contribution in [0.1, 0.15) is 31.2 Å². The van der Waals surface area contributed by atoms with Crippen molar-refractivity contribution in [3.63, 3.8) is 0 Å². The highest BCUT2D eigenvalue weighted by Gasteiger charge is 2.22. The lowest BCUT2D eigenvalue weighted by molar-refractivity contribution is -0.158. The van der Waals surface area contributed by atoms with Crippen LogP contribution in [0.25, 0.3) is 0 Å². The van der Waals surface area contributed by atoms with E-state index in [4.69, 9.17) is 9.47 Å². The Balaban J connectivity index is 1.80. The first-order valence-electron chi connectivity index (χ1n) is 6.18. The van der Waals surface area contributed by atoms with Crippen LogP contribution in [-0.2, 0) is 20.9 Å². The van der Waals surface area contributed by atoms with E-state index in [1.54, 1.807) is 0 Å². The van der Waals surface area contributed by atoms with Gasteiger partial charge in [0.15, 0.2) is 6.10 Å². The second-order valence-electron chi connectivity index (χ2n) is 4.30. The number of ether oxygens (including phenoxy) is 2. The molecule has 1 aliphatic heterocycles. The molecule has 3 heteroatoms. The molecule has 0 unspecified atom stereocenters. The minimum atomic E-state index is -0.360. The minimum absolute atomic E-state index is 0.226. The number of hydrogen-bond donors (Lipinski definition) is 0. The van der Waals surface area contributed by atoms with E-state index in [-0.39, 0.29) is 12.1 Å². The molecular formula is C14H18O3. The van der Waals surface area contributed by atoms with Gasteiger partial charge in [-0.2, -0.15) is 0 Å². The van der Waals surface area contributed by atoms with Gasteiger partial charge in [0, 0.05) is 6.61 Å².